The highest BCUT2D eigenvalue weighted by molar-refractivity contribution is 8.02. The molecule has 5 rings (SSSR count). The summed E-state index contributed by atoms with van der Waals surface area (Å²) in [5.74, 6) is -0.00117. The Kier molecular flexibility index (Phi) is 8.68. The zero-order chi connectivity index (χ0) is 30.9. The first kappa shape index (κ1) is 30.8. The molecular formula is C25H33N8O8S2+. The Hall–Kier alpha value is -3.68. The van der Waals surface area contributed by atoms with Crippen molar-refractivity contribution in [2.24, 2.45) is 17.9 Å². The number of aryl methyl sites for hydroxylation is 1. The Morgan fingerprint density at radius 1 is 1.30 bits per heavy atom. The number of β-lactam (4-membered cyclic amide) rings is 1. The van der Waals surface area contributed by atoms with Gasteiger partial charge in [-0.15, -0.1) is 4.28 Å². The first-order valence-electron chi connectivity index (χ1n) is 13.3. The quantitative estimate of drug-likeness (QED) is 0.0415. The van der Waals surface area contributed by atoms with Crippen LogP contribution in [-0.2, 0) is 36.2 Å². The highest BCUT2D eigenvalue weighted by Crippen LogP contribution is 2.33. The van der Waals surface area contributed by atoms with E-state index in [0.29, 0.717) is 16.9 Å². The van der Waals surface area contributed by atoms with E-state index < -0.39 is 39.3 Å². The number of nitrogens with one attached hydrogen (secondary N) is 4. The van der Waals surface area contributed by atoms with Crippen molar-refractivity contribution in [1.29, 1.82) is 0 Å². The van der Waals surface area contributed by atoms with Gasteiger partial charge in [0, 0.05) is 18.5 Å². The topological polar surface area (TPSA) is 210 Å². The summed E-state index contributed by atoms with van der Waals surface area (Å²) in [4.78, 5) is 31.0. The molecule has 4 heterocycles. The van der Waals surface area contributed by atoms with E-state index in [4.69, 9.17) is 19.9 Å². The summed E-state index contributed by atoms with van der Waals surface area (Å²) in [6, 6.07) is 7.01. The zero-order valence-electron chi connectivity index (χ0n) is 23.6. The minimum Gasteiger partial charge on any atom is -0.490 e. The Morgan fingerprint density at radius 2 is 2.07 bits per heavy atom. The van der Waals surface area contributed by atoms with Gasteiger partial charge in [-0.3, -0.25) is 19.5 Å². The Bertz CT molecular complexity index is 1600. The van der Waals surface area contributed by atoms with Crippen molar-refractivity contribution >= 4 is 56.3 Å². The summed E-state index contributed by atoms with van der Waals surface area (Å²) in [5, 5.41) is 20.3. The van der Waals surface area contributed by atoms with E-state index in [9.17, 15) is 18.0 Å². The van der Waals surface area contributed by atoms with Gasteiger partial charge in [0.25, 0.3) is 17.6 Å². The summed E-state index contributed by atoms with van der Waals surface area (Å²) in [5.41, 5.74) is 4.14. The first-order valence-corrected chi connectivity index (χ1v) is 15.6. The van der Waals surface area contributed by atoms with Crippen LogP contribution >= 0.6 is 11.8 Å². The van der Waals surface area contributed by atoms with E-state index in [2.05, 4.69) is 30.7 Å². The van der Waals surface area contributed by atoms with Gasteiger partial charge in [0.05, 0.1) is 29.9 Å². The molecule has 3 aliphatic rings. The monoisotopic (exact) mass is 637 g/mol. The van der Waals surface area contributed by atoms with Crippen LogP contribution in [0.3, 0.4) is 0 Å². The number of carbonyl (C=O) groups is 2. The summed E-state index contributed by atoms with van der Waals surface area (Å²) in [6.07, 6.45) is 1.98. The van der Waals surface area contributed by atoms with Gasteiger partial charge in [-0.1, -0.05) is 16.9 Å². The molecule has 0 bridgehead atoms. The van der Waals surface area contributed by atoms with Crippen LogP contribution in [0.5, 0.6) is 5.75 Å². The molecule has 0 radical (unpaired) electrons. The van der Waals surface area contributed by atoms with Crippen molar-refractivity contribution in [1.82, 2.24) is 21.0 Å². The number of benzene rings is 1. The molecular weight excluding hydrogens is 604 g/mol. The van der Waals surface area contributed by atoms with Crippen LogP contribution in [0, 0.1) is 0 Å². The van der Waals surface area contributed by atoms with Crippen molar-refractivity contribution in [3.05, 3.63) is 41.6 Å². The highest BCUT2D eigenvalue weighted by atomic mass is 32.3. The van der Waals surface area contributed by atoms with Crippen molar-refractivity contribution in [2.45, 2.75) is 37.0 Å². The van der Waals surface area contributed by atoms with Gasteiger partial charge < -0.3 is 31.3 Å². The van der Waals surface area contributed by atoms with Gasteiger partial charge in [0.15, 0.2) is 12.3 Å². The van der Waals surface area contributed by atoms with Crippen LogP contribution in [0.1, 0.15) is 13.8 Å². The maximum absolute atomic E-state index is 13.1. The third-order valence-electron chi connectivity index (χ3n) is 7.05. The number of nitrogens with two attached hydrogens (primary N) is 1. The van der Waals surface area contributed by atoms with Gasteiger partial charge in [0.1, 0.15) is 29.9 Å². The molecule has 0 aliphatic carbocycles. The number of aromatic nitrogens is 1. The number of carbonyl (C=O) groups excluding carboxylic acids is 2. The molecule has 0 spiro atoms. The van der Waals surface area contributed by atoms with E-state index in [1.165, 1.54) is 25.6 Å². The minimum absolute atomic E-state index is 0.00361. The molecule has 2 amide bonds. The van der Waals surface area contributed by atoms with E-state index in [0.717, 1.165) is 29.7 Å². The predicted molar refractivity (Wildman–Crippen MR) is 157 cm³/mol. The smallest absolute Gasteiger partial charge is 0.418 e. The third kappa shape index (κ3) is 6.78. The Morgan fingerprint density at radius 3 is 2.70 bits per heavy atom. The molecule has 1 unspecified atom stereocenters. The average molecular weight is 638 g/mol. The van der Waals surface area contributed by atoms with E-state index in [1.54, 1.807) is 5.41 Å². The second-order valence-electron chi connectivity index (χ2n) is 10.6. The van der Waals surface area contributed by atoms with E-state index in [1.807, 2.05) is 42.1 Å². The van der Waals surface area contributed by atoms with Gasteiger partial charge in [-0.05, 0) is 43.5 Å². The lowest BCUT2D eigenvalue weighted by Gasteiger charge is -2.50. The molecule has 3 aliphatic heterocycles. The summed E-state index contributed by atoms with van der Waals surface area (Å²) >= 11 is 1.21. The number of anilines is 1. The third-order valence-corrected chi connectivity index (χ3v) is 8.17. The van der Waals surface area contributed by atoms with Crippen molar-refractivity contribution in [2.75, 3.05) is 31.6 Å². The number of fused-ring (bicyclic) bond motifs is 1. The number of hydroxylamine groups is 2. The van der Waals surface area contributed by atoms with E-state index >= 15 is 0 Å². The number of ether oxygens (including phenoxy) is 1. The van der Waals surface area contributed by atoms with E-state index in [-0.39, 0.29) is 24.6 Å². The normalized spacial score (nSPS) is 21.9. The molecule has 2 saturated heterocycles. The minimum atomic E-state index is -4.94. The number of nitrogens with zero attached hydrogens (tertiary/aromatic N) is 3. The summed E-state index contributed by atoms with van der Waals surface area (Å²) in [7, 11) is -2.94. The fourth-order valence-corrected chi connectivity index (χ4v) is 5.74. The largest absolute Gasteiger partial charge is 0.490 e. The number of amides is 2. The number of hydrogen-bond donors (Lipinski definition) is 6. The standard InChI is InChI=1S/C25H32N8O8S2/c1-25(2)20(23(35)33(25)41-43(36,37)38)30-22(34)19(18-13-42-24(26)29-18)31-40-9-8-39-16-4-5-17-14(10-16)6-7-32(3)21(17)28-15-11-27-12-15/h4-7,10,13,15,20,24,27,29H,8-9,11-12,26H2,1-3H3,(H2,30,34,36,37,38)/p+1/b31-19-/t20-,24?/m1/s1. The van der Waals surface area contributed by atoms with Crippen molar-refractivity contribution < 1.29 is 41.0 Å². The number of rotatable bonds is 12. The maximum Gasteiger partial charge on any atom is 0.418 e. The van der Waals surface area contributed by atoms with Gasteiger partial charge in [-0.2, -0.15) is 13.5 Å². The highest BCUT2D eigenvalue weighted by Gasteiger charge is 2.58. The van der Waals surface area contributed by atoms with Crippen LogP contribution in [0.15, 0.2) is 46.7 Å². The van der Waals surface area contributed by atoms with Gasteiger partial charge in [-0.25, -0.2) is 4.57 Å². The fraction of sp³-hybridized carbons (Fsp3) is 0.440. The van der Waals surface area contributed by atoms with Crippen LogP contribution in [0.4, 0.5) is 5.82 Å². The Labute approximate surface area is 251 Å². The molecule has 43 heavy (non-hydrogen) atoms. The maximum atomic E-state index is 13.1. The number of oxime groups is 1. The summed E-state index contributed by atoms with van der Waals surface area (Å²) in [6.45, 7) is 4.86. The predicted octanol–water partition coefficient (Wildman–Crippen LogP) is -0.940. The van der Waals surface area contributed by atoms with Crippen LogP contribution in [-0.4, -0.2) is 85.0 Å². The SMILES string of the molecule is C[n+]1ccc2cc(OCCO/N=C(\C(=O)N[C@@H]3C(=O)N(OS(=O)(=O)O)C3(C)C)C3=CSC(N)N3)ccc2c1NC1CNC1. The molecule has 0 saturated carbocycles. The van der Waals surface area contributed by atoms with Crippen LogP contribution in [0.25, 0.3) is 10.8 Å². The molecule has 2 atom stereocenters. The lowest BCUT2D eigenvalue weighted by Crippen LogP contribution is -2.77. The zero-order valence-corrected chi connectivity index (χ0v) is 25.2. The number of thioether (sulfide) groups is 1. The molecule has 7 N–H and O–H groups in total. The van der Waals surface area contributed by atoms with Gasteiger partial charge >= 0.3 is 10.4 Å². The molecule has 2 fully saturated rings. The molecule has 1 aromatic carbocycles. The second-order valence-corrected chi connectivity index (χ2v) is 12.6. The number of hydrogen-bond acceptors (Lipinski definition) is 13. The fourth-order valence-electron chi connectivity index (χ4n) is 4.63. The first-order chi connectivity index (χ1) is 20.3. The van der Waals surface area contributed by atoms with Crippen molar-refractivity contribution in [3.8, 4) is 5.75 Å². The van der Waals surface area contributed by atoms with Crippen molar-refractivity contribution in [3.63, 3.8) is 0 Å². The number of pyridine rings is 1. The molecule has 2 aromatic rings. The average Bonchev–Trinajstić information content (AvgIpc) is 3.35. The van der Waals surface area contributed by atoms with Crippen LogP contribution < -0.4 is 36.3 Å². The summed E-state index contributed by atoms with van der Waals surface area (Å²) < 4.78 is 43.3. The molecule has 16 nitrogen and oxygen atoms in total. The van der Waals surface area contributed by atoms with Crippen LogP contribution in [0.2, 0.25) is 0 Å². The Balaban J connectivity index is 1.20. The van der Waals surface area contributed by atoms with Gasteiger partial charge in [0.2, 0.25) is 0 Å². The lowest BCUT2D eigenvalue weighted by atomic mass is 9.84. The second kappa shape index (κ2) is 12.1. The lowest BCUT2D eigenvalue weighted by molar-refractivity contribution is -0.656. The molecule has 232 valence electrons. The molecule has 1 aromatic heterocycles. The molecule has 18 heteroatoms.